The molecular formula is C15H17Cl2N3. The molecule has 0 radical (unpaired) electrons. The summed E-state index contributed by atoms with van der Waals surface area (Å²) >= 11 is 12.0. The number of aryl methyl sites for hydroxylation is 1. The van der Waals surface area contributed by atoms with Crippen LogP contribution in [0.25, 0.3) is 11.4 Å². The highest BCUT2D eigenvalue weighted by atomic mass is 35.5. The van der Waals surface area contributed by atoms with E-state index in [-0.39, 0.29) is 0 Å². The minimum absolute atomic E-state index is 0.513. The van der Waals surface area contributed by atoms with Crippen molar-refractivity contribution in [2.45, 2.75) is 26.7 Å². The second kappa shape index (κ2) is 6.91. The number of hydrogen-bond donors (Lipinski definition) is 1. The summed E-state index contributed by atoms with van der Waals surface area (Å²) < 4.78 is 0. The van der Waals surface area contributed by atoms with Crippen molar-refractivity contribution >= 4 is 29.0 Å². The van der Waals surface area contributed by atoms with Gasteiger partial charge >= 0.3 is 0 Å². The zero-order valence-electron chi connectivity index (χ0n) is 11.6. The zero-order chi connectivity index (χ0) is 14.5. The minimum atomic E-state index is 0.513. The van der Waals surface area contributed by atoms with Crippen molar-refractivity contribution in [3.63, 3.8) is 0 Å². The number of hydrogen-bond acceptors (Lipinski definition) is 3. The lowest BCUT2D eigenvalue weighted by Crippen LogP contribution is -2.04. The molecule has 106 valence electrons. The number of aromatic nitrogens is 2. The summed E-state index contributed by atoms with van der Waals surface area (Å²) in [6.07, 6.45) is 1.97. The van der Waals surface area contributed by atoms with Gasteiger partial charge < -0.3 is 5.32 Å². The van der Waals surface area contributed by atoms with Gasteiger partial charge in [-0.25, -0.2) is 9.97 Å². The fourth-order valence-corrected chi connectivity index (χ4v) is 2.22. The Kier molecular flexibility index (Phi) is 5.21. The molecule has 1 N–H and O–H groups in total. The Morgan fingerprint density at radius 2 is 1.85 bits per heavy atom. The van der Waals surface area contributed by atoms with E-state index in [4.69, 9.17) is 23.2 Å². The quantitative estimate of drug-likeness (QED) is 0.859. The first-order chi connectivity index (χ1) is 9.63. The number of nitrogens with one attached hydrogen (secondary N) is 1. The van der Waals surface area contributed by atoms with Crippen LogP contribution in [0.15, 0.2) is 24.3 Å². The molecule has 0 aliphatic carbocycles. The highest BCUT2D eigenvalue weighted by Gasteiger charge is 2.08. The smallest absolute Gasteiger partial charge is 0.161 e. The molecule has 0 saturated carbocycles. The van der Waals surface area contributed by atoms with E-state index < -0.39 is 0 Å². The van der Waals surface area contributed by atoms with Crippen molar-refractivity contribution in [2.75, 3.05) is 11.9 Å². The van der Waals surface area contributed by atoms with Gasteiger partial charge in [-0.2, -0.15) is 0 Å². The van der Waals surface area contributed by atoms with E-state index in [2.05, 4.69) is 22.2 Å². The molecule has 5 heteroatoms. The molecule has 0 unspecified atom stereocenters. The maximum Gasteiger partial charge on any atom is 0.161 e. The lowest BCUT2D eigenvalue weighted by atomic mass is 10.2. The van der Waals surface area contributed by atoms with Gasteiger partial charge in [0.15, 0.2) is 5.82 Å². The Labute approximate surface area is 129 Å². The monoisotopic (exact) mass is 309 g/mol. The number of benzene rings is 1. The summed E-state index contributed by atoms with van der Waals surface area (Å²) in [7, 11) is 0. The summed E-state index contributed by atoms with van der Waals surface area (Å²) in [6.45, 7) is 5.00. The second-order valence-electron chi connectivity index (χ2n) is 4.48. The first-order valence-electron chi connectivity index (χ1n) is 6.71. The van der Waals surface area contributed by atoms with Crippen molar-refractivity contribution in [1.82, 2.24) is 9.97 Å². The maximum absolute atomic E-state index is 6.06. The first kappa shape index (κ1) is 15.1. The van der Waals surface area contributed by atoms with E-state index in [1.807, 2.05) is 19.1 Å². The van der Waals surface area contributed by atoms with Crippen molar-refractivity contribution in [3.05, 3.63) is 40.0 Å². The van der Waals surface area contributed by atoms with E-state index in [1.54, 1.807) is 12.1 Å². The van der Waals surface area contributed by atoms with Crippen LogP contribution in [0.5, 0.6) is 0 Å². The highest BCUT2D eigenvalue weighted by Crippen LogP contribution is 2.27. The van der Waals surface area contributed by atoms with Gasteiger partial charge in [-0.05, 0) is 31.5 Å². The molecule has 0 spiro atoms. The van der Waals surface area contributed by atoms with E-state index >= 15 is 0 Å². The predicted octanol–water partition coefficient (Wildman–Crippen LogP) is 4.83. The third kappa shape index (κ3) is 3.62. The van der Waals surface area contributed by atoms with Crippen LogP contribution in [0.1, 0.15) is 26.0 Å². The average molecular weight is 310 g/mol. The molecular weight excluding hydrogens is 293 g/mol. The van der Waals surface area contributed by atoms with Gasteiger partial charge in [0.1, 0.15) is 5.82 Å². The molecule has 0 amide bonds. The lowest BCUT2D eigenvalue weighted by molar-refractivity contribution is 0.875. The third-order valence-electron chi connectivity index (χ3n) is 2.82. The molecule has 2 rings (SSSR count). The minimum Gasteiger partial charge on any atom is -0.370 e. The highest BCUT2D eigenvalue weighted by molar-refractivity contribution is 6.42. The van der Waals surface area contributed by atoms with Crippen molar-refractivity contribution in [3.8, 4) is 11.4 Å². The normalized spacial score (nSPS) is 10.6. The Morgan fingerprint density at radius 1 is 1.05 bits per heavy atom. The van der Waals surface area contributed by atoms with E-state index in [0.29, 0.717) is 15.9 Å². The maximum atomic E-state index is 6.06. The molecule has 0 aliphatic rings. The van der Waals surface area contributed by atoms with Gasteiger partial charge in [-0.15, -0.1) is 0 Å². The standard InChI is InChI=1S/C15H17Cl2N3/c1-3-5-11-9-14(18-4-2)20-15(19-11)10-6-7-12(16)13(17)8-10/h6-9H,3-5H2,1-2H3,(H,18,19,20). The Balaban J connectivity index is 2.45. The molecule has 0 saturated heterocycles. The Morgan fingerprint density at radius 3 is 2.50 bits per heavy atom. The second-order valence-corrected chi connectivity index (χ2v) is 5.29. The van der Waals surface area contributed by atoms with Crippen molar-refractivity contribution in [2.24, 2.45) is 0 Å². The van der Waals surface area contributed by atoms with Crippen LogP contribution in [-0.4, -0.2) is 16.5 Å². The van der Waals surface area contributed by atoms with E-state index in [9.17, 15) is 0 Å². The van der Waals surface area contributed by atoms with Gasteiger partial charge in [-0.3, -0.25) is 0 Å². The van der Waals surface area contributed by atoms with Crippen LogP contribution in [0.4, 0.5) is 5.82 Å². The van der Waals surface area contributed by atoms with Crippen LogP contribution < -0.4 is 5.32 Å². The largest absolute Gasteiger partial charge is 0.370 e. The zero-order valence-corrected chi connectivity index (χ0v) is 13.1. The molecule has 0 bridgehead atoms. The van der Waals surface area contributed by atoms with Crippen molar-refractivity contribution in [1.29, 1.82) is 0 Å². The Bertz CT molecular complexity index is 575. The van der Waals surface area contributed by atoms with Crippen LogP contribution in [0.2, 0.25) is 10.0 Å². The fraction of sp³-hybridized carbons (Fsp3) is 0.333. The van der Waals surface area contributed by atoms with Crippen molar-refractivity contribution < 1.29 is 0 Å². The summed E-state index contributed by atoms with van der Waals surface area (Å²) in [4.78, 5) is 9.12. The van der Waals surface area contributed by atoms with Gasteiger partial charge in [0, 0.05) is 23.9 Å². The van der Waals surface area contributed by atoms with Gasteiger partial charge in [0.25, 0.3) is 0 Å². The molecule has 2 aromatic rings. The lowest BCUT2D eigenvalue weighted by Gasteiger charge is -2.09. The molecule has 3 nitrogen and oxygen atoms in total. The number of anilines is 1. The third-order valence-corrected chi connectivity index (χ3v) is 3.56. The van der Waals surface area contributed by atoms with Gasteiger partial charge in [-0.1, -0.05) is 36.5 Å². The average Bonchev–Trinajstić information content (AvgIpc) is 2.42. The SMILES string of the molecule is CCCc1cc(NCC)nc(-c2ccc(Cl)c(Cl)c2)n1. The molecule has 20 heavy (non-hydrogen) atoms. The van der Waals surface area contributed by atoms with Gasteiger partial charge in [0.05, 0.1) is 10.0 Å². The first-order valence-corrected chi connectivity index (χ1v) is 7.47. The molecule has 0 aliphatic heterocycles. The number of halogens is 2. The topological polar surface area (TPSA) is 37.8 Å². The summed E-state index contributed by atoms with van der Waals surface area (Å²) in [5.41, 5.74) is 1.90. The summed E-state index contributed by atoms with van der Waals surface area (Å²) in [5.74, 6) is 1.51. The van der Waals surface area contributed by atoms with E-state index in [1.165, 1.54) is 0 Å². The summed E-state index contributed by atoms with van der Waals surface area (Å²) in [5, 5.41) is 4.28. The van der Waals surface area contributed by atoms with Crippen LogP contribution >= 0.6 is 23.2 Å². The fourth-order valence-electron chi connectivity index (χ4n) is 1.92. The van der Waals surface area contributed by atoms with E-state index in [0.717, 1.165) is 36.5 Å². The Hall–Kier alpha value is -1.32. The number of nitrogens with zero attached hydrogens (tertiary/aromatic N) is 2. The van der Waals surface area contributed by atoms with Gasteiger partial charge in [0.2, 0.25) is 0 Å². The van der Waals surface area contributed by atoms with Crippen LogP contribution in [0.3, 0.4) is 0 Å². The predicted molar refractivity (Wildman–Crippen MR) is 85.6 cm³/mol. The van der Waals surface area contributed by atoms with Crippen LogP contribution in [-0.2, 0) is 6.42 Å². The molecule has 1 aromatic carbocycles. The summed E-state index contributed by atoms with van der Waals surface area (Å²) in [6, 6.07) is 7.44. The molecule has 1 aromatic heterocycles. The number of rotatable bonds is 5. The molecule has 0 fully saturated rings. The molecule has 0 atom stereocenters. The molecule has 1 heterocycles. The van der Waals surface area contributed by atoms with Crippen LogP contribution in [0, 0.1) is 0 Å².